The van der Waals surface area contributed by atoms with Gasteiger partial charge in [-0.3, -0.25) is 0 Å². The number of esters is 1. The van der Waals surface area contributed by atoms with Crippen LogP contribution in [0.1, 0.15) is 5.56 Å². The number of hydrogen-bond donors (Lipinski definition) is 10. The minimum atomic E-state index is -1.86. The third-order valence-corrected chi connectivity index (χ3v) is 8.63. The number of ether oxygens (including phenoxy) is 5. The van der Waals surface area contributed by atoms with Crippen LogP contribution in [0.5, 0.6) is 28.7 Å². The van der Waals surface area contributed by atoms with Gasteiger partial charge in [0.05, 0.1) is 18.2 Å². The van der Waals surface area contributed by atoms with Crippen LogP contribution in [-0.2, 0) is 19.0 Å². The van der Waals surface area contributed by atoms with Gasteiger partial charge in [-0.1, -0.05) is 12.1 Å². The van der Waals surface area contributed by atoms with Crippen molar-refractivity contribution < 1.29 is 84.0 Å². The number of carbonyl (C=O) groups excluding carboxylic acids is 1. The zero-order valence-corrected chi connectivity index (χ0v) is 27.5. The van der Waals surface area contributed by atoms with Crippen molar-refractivity contribution in [3.8, 4) is 40.1 Å². The summed E-state index contributed by atoms with van der Waals surface area (Å²) >= 11 is 0. The summed E-state index contributed by atoms with van der Waals surface area (Å²) in [6.45, 7) is -1.30. The second-order valence-corrected chi connectivity index (χ2v) is 12.3. The molecule has 10 N–H and O–H groups in total. The molecule has 17 nitrogen and oxygen atoms in total. The van der Waals surface area contributed by atoms with Gasteiger partial charge in [0.2, 0.25) is 18.3 Å². The van der Waals surface area contributed by atoms with E-state index in [1.165, 1.54) is 54.6 Å². The standard InChI is InChI=1S/C36H36O17/c37-14-25-28(42)30(44)32(46)35(52-25)50-23-12-20(40)11-22-21(23)13-24(34(49-22)17-4-8-19(39)9-5-17)51-36-33(47)31(45)29(43)26(53-36)15-48-27(41)10-3-16-1-6-18(38)7-2-16/h1-13,25-26,28-33,35-37,42-47H,14-15H2,(H2-,38,39,40,41)/p+1/t25?,26?,28-,29-,30+,31?,32?,33?,35-,36-/m1/s1. The predicted octanol–water partition coefficient (Wildman–Crippen LogP) is 0.119. The maximum Gasteiger partial charge on any atom is 0.402 e. The van der Waals surface area contributed by atoms with E-state index in [4.69, 9.17) is 28.1 Å². The minimum Gasteiger partial charge on any atom is -0.508 e. The Hall–Kier alpha value is -5.08. The normalized spacial score (nSPS) is 28.9. The van der Waals surface area contributed by atoms with Crippen LogP contribution in [0.3, 0.4) is 0 Å². The van der Waals surface area contributed by atoms with E-state index in [0.29, 0.717) is 11.1 Å². The molecule has 6 rings (SSSR count). The topological polar surface area (TPSA) is 277 Å². The van der Waals surface area contributed by atoms with Crippen molar-refractivity contribution in [2.75, 3.05) is 13.2 Å². The molecule has 0 spiro atoms. The molecule has 10 atom stereocenters. The van der Waals surface area contributed by atoms with Gasteiger partial charge in [0.25, 0.3) is 0 Å². The van der Waals surface area contributed by atoms with E-state index >= 15 is 0 Å². The molecule has 0 amide bonds. The van der Waals surface area contributed by atoms with Crippen LogP contribution in [0.25, 0.3) is 28.4 Å². The van der Waals surface area contributed by atoms with Gasteiger partial charge < -0.3 is 74.7 Å². The van der Waals surface area contributed by atoms with Crippen LogP contribution >= 0.6 is 0 Å². The molecule has 2 saturated heterocycles. The fourth-order valence-corrected chi connectivity index (χ4v) is 5.70. The number of hydrogen-bond acceptors (Lipinski definition) is 16. The van der Waals surface area contributed by atoms with Crippen molar-refractivity contribution in [1.29, 1.82) is 0 Å². The van der Waals surface area contributed by atoms with Crippen molar-refractivity contribution >= 4 is 23.0 Å². The molecule has 282 valence electrons. The predicted molar refractivity (Wildman–Crippen MR) is 179 cm³/mol. The van der Waals surface area contributed by atoms with Crippen molar-refractivity contribution in [3.63, 3.8) is 0 Å². The lowest BCUT2D eigenvalue weighted by Crippen LogP contribution is -2.60. The van der Waals surface area contributed by atoms with E-state index < -0.39 is 80.6 Å². The number of carbonyl (C=O) groups is 1. The van der Waals surface area contributed by atoms with Crippen molar-refractivity contribution in [1.82, 2.24) is 0 Å². The Bertz CT molecular complexity index is 1910. The quantitative estimate of drug-likeness (QED) is 0.0587. The van der Waals surface area contributed by atoms with Crippen LogP contribution < -0.4 is 9.47 Å². The monoisotopic (exact) mass is 741 g/mol. The number of phenolic OH excluding ortho intramolecular Hbond substituents is 3. The zero-order valence-electron chi connectivity index (χ0n) is 27.5. The number of benzene rings is 3. The molecule has 3 heterocycles. The van der Waals surface area contributed by atoms with Gasteiger partial charge in [-0.15, -0.1) is 0 Å². The summed E-state index contributed by atoms with van der Waals surface area (Å²) in [5.74, 6) is -1.65. The van der Waals surface area contributed by atoms with Crippen LogP contribution in [0.4, 0.5) is 0 Å². The number of aliphatic hydroxyl groups excluding tert-OH is 7. The summed E-state index contributed by atoms with van der Waals surface area (Å²) < 4.78 is 34.4. The smallest absolute Gasteiger partial charge is 0.402 e. The van der Waals surface area contributed by atoms with E-state index in [-0.39, 0.29) is 45.5 Å². The number of rotatable bonds is 10. The van der Waals surface area contributed by atoms with Gasteiger partial charge in [0.1, 0.15) is 83.8 Å². The second kappa shape index (κ2) is 15.9. The SMILES string of the molecule is O=C(/C=C/c1ccc(O)cc1)OCC1O[C@@H](Oc2cc3c(O[C@@H]4OC(CO)[C@@H](O)[C@H](O)C4O)cc(O)cc3[o+]c2-c2ccc(O)cc2)C(O)C(O)[C@@H]1O. The highest BCUT2D eigenvalue weighted by Gasteiger charge is 2.47. The van der Waals surface area contributed by atoms with E-state index in [2.05, 4.69) is 0 Å². The Labute approximate surface area is 299 Å². The summed E-state index contributed by atoms with van der Waals surface area (Å²) in [7, 11) is 0. The lowest BCUT2D eigenvalue weighted by Gasteiger charge is -2.39. The molecule has 0 saturated carbocycles. The van der Waals surface area contributed by atoms with Gasteiger partial charge in [0, 0.05) is 18.2 Å². The molecule has 1 aromatic heterocycles. The molecule has 0 radical (unpaired) electrons. The first-order chi connectivity index (χ1) is 25.3. The second-order valence-electron chi connectivity index (χ2n) is 12.3. The van der Waals surface area contributed by atoms with E-state index in [9.17, 15) is 55.9 Å². The van der Waals surface area contributed by atoms with Crippen LogP contribution in [0, 0.1) is 0 Å². The van der Waals surface area contributed by atoms with Gasteiger partial charge in [-0.05, 0) is 48.0 Å². The van der Waals surface area contributed by atoms with Crippen molar-refractivity contribution in [2.45, 2.75) is 61.4 Å². The third-order valence-electron chi connectivity index (χ3n) is 8.63. The number of aliphatic hydroxyl groups is 7. The Morgan fingerprint density at radius 1 is 0.679 bits per heavy atom. The highest BCUT2D eigenvalue weighted by atomic mass is 16.7. The number of phenols is 3. The molecule has 5 unspecified atom stereocenters. The lowest BCUT2D eigenvalue weighted by atomic mass is 9.99. The van der Waals surface area contributed by atoms with Crippen molar-refractivity contribution in [2.24, 2.45) is 0 Å². The van der Waals surface area contributed by atoms with Crippen LogP contribution in [-0.4, -0.2) is 132 Å². The molecule has 2 aliphatic heterocycles. The zero-order chi connectivity index (χ0) is 38.0. The van der Waals surface area contributed by atoms with Crippen molar-refractivity contribution in [3.05, 3.63) is 78.4 Å². The highest BCUT2D eigenvalue weighted by molar-refractivity contribution is 5.89. The average Bonchev–Trinajstić information content (AvgIpc) is 3.14. The summed E-state index contributed by atoms with van der Waals surface area (Å²) in [5.41, 5.74) is 0.879. The molecular weight excluding hydrogens is 704 g/mol. The fourth-order valence-electron chi connectivity index (χ4n) is 5.70. The molecular formula is C36H37O17+. The lowest BCUT2D eigenvalue weighted by molar-refractivity contribution is -0.278. The number of fused-ring (bicyclic) bond motifs is 1. The van der Waals surface area contributed by atoms with Crippen LogP contribution in [0.15, 0.2) is 77.2 Å². The molecule has 3 aromatic carbocycles. The Kier molecular flexibility index (Phi) is 11.3. The maximum absolute atomic E-state index is 12.4. The first-order valence-electron chi connectivity index (χ1n) is 16.2. The molecule has 2 aliphatic rings. The molecule has 0 aliphatic carbocycles. The summed E-state index contributed by atoms with van der Waals surface area (Å²) in [6.07, 6.45) is -14.2. The molecule has 17 heteroatoms. The van der Waals surface area contributed by atoms with Gasteiger partial charge >= 0.3 is 17.3 Å². The molecule has 2 fully saturated rings. The molecule has 53 heavy (non-hydrogen) atoms. The minimum absolute atomic E-state index is 0.0225. The Balaban J connectivity index is 1.30. The molecule has 4 aromatic rings. The first kappa shape index (κ1) is 37.7. The summed E-state index contributed by atoms with van der Waals surface area (Å²) in [4.78, 5) is 12.4. The van der Waals surface area contributed by atoms with E-state index in [1.807, 2.05) is 0 Å². The Morgan fingerprint density at radius 2 is 1.25 bits per heavy atom. The number of aromatic hydroxyl groups is 3. The third kappa shape index (κ3) is 8.28. The highest BCUT2D eigenvalue weighted by Crippen LogP contribution is 2.42. The maximum atomic E-state index is 12.4. The van der Waals surface area contributed by atoms with Gasteiger partial charge in [-0.2, -0.15) is 0 Å². The van der Waals surface area contributed by atoms with E-state index in [1.54, 1.807) is 12.1 Å². The van der Waals surface area contributed by atoms with Gasteiger partial charge in [0.15, 0.2) is 0 Å². The molecule has 0 bridgehead atoms. The van der Waals surface area contributed by atoms with Gasteiger partial charge in [-0.25, -0.2) is 9.21 Å². The summed E-state index contributed by atoms with van der Waals surface area (Å²) in [5, 5.41) is 103. The van der Waals surface area contributed by atoms with E-state index in [0.717, 1.165) is 12.1 Å². The first-order valence-corrected chi connectivity index (χ1v) is 16.2. The fraction of sp³-hybridized carbons (Fsp3) is 0.333. The van der Waals surface area contributed by atoms with Crippen LogP contribution in [0.2, 0.25) is 0 Å². The summed E-state index contributed by atoms with van der Waals surface area (Å²) in [6, 6.07) is 15.3. The average molecular weight is 742 g/mol. The largest absolute Gasteiger partial charge is 0.508 e. The Morgan fingerprint density at radius 3 is 1.87 bits per heavy atom.